The first-order valence-electron chi connectivity index (χ1n) is 6.36. The van der Waals surface area contributed by atoms with Gasteiger partial charge in [0.1, 0.15) is 0 Å². The summed E-state index contributed by atoms with van der Waals surface area (Å²) in [6.07, 6.45) is 1.21. The fourth-order valence-electron chi connectivity index (χ4n) is 1.97. The minimum absolute atomic E-state index is 0.0356. The lowest BCUT2D eigenvalue weighted by molar-refractivity contribution is 0.0696. The summed E-state index contributed by atoms with van der Waals surface area (Å²) in [5, 5.41) is 8.98. The van der Waals surface area contributed by atoms with Gasteiger partial charge in [0.05, 0.1) is 5.56 Å². The van der Waals surface area contributed by atoms with Gasteiger partial charge >= 0.3 is 5.97 Å². The number of benzene rings is 1. The molecule has 0 atom stereocenters. The quantitative estimate of drug-likeness (QED) is 0.882. The summed E-state index contributed by atoms with van der Waals surface area (Å²) >= 11 is 0. The van der Waals surface area contributed by atoms with Crippen molar-refractivity contribution in [3.05, 3.63) is 58.0 Å². The molecule has 0 amide bonds. The van der Waals surface area contributed by atoms with Gasteiger partial charge in [-0.3, -0.25) is 4.79 Å². The molecule has 2 N–H and O–H groups in total. The largest absolute Gasteiger partial charge is 0.478 e. The summed E-state index contributed by atoms with van der Waals surface area (Å²) in [4.78, 5) is 25.2. The van der Waals surface area contributed by atoms with Crippen LogP contribution >= 0.6 is 0 Å². The van der Waals surface area contributed by atoms with Gasteiger partial charge in [0, 0.05) is 11.8 Å². The Labute approximate surface area is 117 Å². The first-order valence-corrected chi connectivity index (χ1v) is 6.36. The summed E-state index contributed by atoms with van der Waals surface area (Å²) in [6.45, 7) is 6.33. The Kier molecular flexibility index (Phi) is 3.49. The molecule has 104 valence electrons. The number of pyridine rings is 1. The molecule has 1 heterocycles. The summed E-state index contributed by atoms with van der Waals surface area (Å²) < 4.78 is 0. The highest BCUT2D eigenvalue weighted by molar-refractivity contribution is 5.88. The summed E-state index contributed by atoms with van der Waals surface area (Å²) in [5.74, 6) is -1.06. The first kappa shape index (κ1) is 14.1. The number of rotatable bonds is 2. The Bertz CT molecular complexity index is 691. The summed E-state index contributed by atoms with van der Waals surface area (Å²) in [6, 6.07) is 9.01. The minimum atomic E-state index is -1.06. The van der Waals surface area contributed by atoms with Crippen LogP contribution in [0.15, 0.2) is 41.3 Å². The number of carbonyl (C=O) groups is 1. The number of hydrogen-bond donors (Lipinski definition) is 2. The number of carboxylic acid groups (broad SMARTS) is 1. The predicted molar refractivity (Wildman–Crippen MR) is 78.2 cm³/mol. The van der Waals surface area contributed by atoms with Crippen LogP contribution in [0.25, 0.3) is 11.1 Å². The molecule has 0 saturated heterocycles. The smallest absolute Gasteiger partial charge is 0.337 e. The molecule has 2 rings (SSSR count). The van der Waals surface area contributed by atoms with Gasteiger partial charge in [-0.05, 0) is 22.6 Å². The van der Waals surface area contributed by atoms with E-state index >= 15 is 0 Å². The third-order valence-electron chi connectivity index (χ3n) is 3.21. The van der Waals surface area contributed by atoms with E-state index in [0.29, 0.717) is 11.1 Å². The zero-order valence-corrected chi connectivity index (χ0v) is 11.7. The van der Waals surface area contributed by atoms with Crippen LogP contribution in [-0.4, -0.2) is 16.1 Å². The molecule has 0 spiro atoms. The van der Waals surface area contributed by atoms with Crippen LogP contribution < -0.4 is 5.56 Å². The zero-order chi connectivity index (χ0) is 14.9. The highest BCUT2D eigenvalue weighted by Gasteiger charge is 2.14. The van der Waals surface area contributed by atoms with Crippen molar-refractivity contribution in [2.45, 2.75) is 26.2 Å². The molecule has 20 heavy (non-hydrogen) atoms. The number of aromatic amines is 1. The van der Waals surface area contributed by atoms with Gasteiger partial charge in [0.25, 0.3) is 5.56 Å². The third-order valence-corrected chi connectivity index (χ3v) is 3.21. The Morgan fingerprint density at radius 1 is 1.15 bits per heavy atom. The molecule has 0 aliphatic carbocycles. The summed E-state index contributed by atoms with van der Waals surface area (Å²) in [5.41, 5.74) is 2.05. The van der Waals surface area contributed by atoms with Crippen LogP contribution in [0.3, 0.4) is 0 Å². The fourth-order valence-corrected chi connectivity index (χ4v) is 1.97. The average molecular weight is 271 g/mol. The van der Waals surface area contributed by atoms with E-state index in [9.17, 15) is 9.59 Å². The predicted octanol–water partition coefficient (Wildman–Crippen LogP) is 3.04. The Balaban J connectivity index is 2.49. The first-order chi connectivity index (χ1) is 9.29. The normalized spacial score (nSPS) is 11.3. The Morgan fingerprint density at radius 3 is 2.25 bits per heavy atom. The van der Waals surface area contributed by atoms with Gasteiger partial charge in [-0.2, -0.15) is 0 Å². The molecule has 0 aliphatic heterocycles. The van der Waals surface area contributed by atoms with Gasteiger partial charge in [-0.25, -0.2) is 4.79 Å². The Hall–Kier alpha value is -2.36. The van der Waals surface area contributed by atoms with Crippen molar-refractivity contribution in [1.82, 2.24) is 4.98 Å². The van der Waals surface area contributed by atoms with Crippen molar-refractivity contribution in [2.24, 2.45) is 0 Å². The number of nitrogens with one attached hydrogen (secondary N) is 1. The molecule has 1 aromatic carbocycles. The van der Waals surface area contributed by atoms with Crippen molar-refractivity contribution in [1.29, 1.82) is 0 Å². The lowest BCUT2D eigenvalue weighted by atomic mass is 9.86. The molecule has 1 aromatic heterocycles. The van der Waals surface area contributed by atoms with E-state index in [1.807, 2.05) is 24.3 Å². The van der Waals surface area contributed by atoms with Gasteiger partial charge in [0.2, 0.25) is 0 Å². The molecule has 4 nitrogen and oxygen atoms in total. The van der Waals surface area contributed by atoms with Crippen molar-refractivity contribution in [2.75, 3.05) is 0 Å². The van der Waals surface area contributed by atoms with Crippen LogP contribution in [0.1, 0.15) is 36.7 Å². The van der Waals surface area contributed by atoms with E-state index < -0.39 is 5.97 Å². The number of aromatic carboxylic acids is 1. The van der Waals surface area contributed by atoms with Crippen LogP contribution in [0.2, 0.25) is 0 Å². The molecule has 0 radical (unpaired) electrons. The second kappa shape index (κ2) is 4.96. The second-order valence-electron chi connectivity index (χ2n) is 5.76. The minimum Gasteiger partial charge on any atom is -0.478 e. The number of aromatic nitrogens is 1. The Morgan fingerprint density at radius 2 is 1.75 bits per heavy atom. The van der Waals surface area contributed by atoms with E-state index in [1.54, 1.807) is 0 Å². The SMILES string of the molecule is CC(C)(C)c1ccc(-c2cc(C(=O)O)c[nH]c2=O)cc1. The highest BCUT2D eigenvalue weighted by Crippen LogP contribution is 2.25. The van der Waals surface area contributed by atoms with Gasteiger partial charge in [-0.1, -0.05) is 45.0 Å². The molecular weight excluding hydrogens is 254 g/mol. The van der Waals surface area contributed by atoms with Gasteiger partial charge < -0.3 is 10.1 Å². The monoisotopic (exact) mass is 271 g/mol. The maximum absolute atomic E-state index is 11.8. The second-order valence-corrected chi connectivity index (χ2v) is 5.76. The van der Waals surface area contributed by atoms with E-state index in [1.165, 1.54) is 12.3 Å². The molecule has 0 aliphatic rings. The van der Waals surface area contributed by atoms with Gasteiger partial charge in [0.15, 0.2) is 0 Å². The lowest BCUT2D eigenvalue weighted by Gasteiger charge is -2.19. The van der Waals surface area contributed by atoms with Crippen LogP contribution in [-0.2, 0) is 5.41 Å². The number of carboxylic acids is 1. The molecule has 4 heteroatoms. The zero-order valence-electron chi connectivity index (χ0n) is 11.7. The standard InChI is InChI=1S/C16H17NO3/c1-16(2,3)12-6-4-10(5-7-12)13-8-11(15(19)20)9-17-14(13)18/h4-9H,1-3H3,(H,17,18)(H,19,20). The number of H-pyrrole nitrogens is 1. The molecule has 0 unspecified atom stereocenters. The number of hydrogen-bond acceptors (Lipinski definition) is 2. The van der Waals surface area contributed by atoms with E-state index in [-0.39, 0.29) is 16.5 Å². The van der Waals surface area contributed by atoms with Crippen LogP contribution in [0, 0.1) is 0 Å². The van der Waals surface area contributed by atoms with Crippen LogP contribution in [0.4, 0.5) is 0 Å². The summed E-state index contributed by atoms with van der Waals surface area (Å²) in [7, 11) is 0. The molecular formula is C16H17NO3. The van der Waals surface area contributed by atoms with E-state index in [4.69, 9.17) is 5.11 Å². The topological polar surface area (TPSA) is 70.2 Å². The van der Waals surface area contributed by atoms with Gasteiger partial charge in [-0.15, -0.1) is 0 Å². The fraction of sp³-hybridized carbons (Fsp3) is 0.250. The lowest BCUT2D eigenvalue weighted by Crippen LogP contribution is -2.12. The van der Waals surface area contributed by atoms with E-state index in [2.05, 4.69) is 25.8 Å². The molecule has 0 fully saturated rings. The van der Waals surface area contributed by atoms with Crippen molar-refractivity contribution < 1.29 is 9.90 Å². The molecule has 0 bridgehead atoms. The molecule has 2 aromatic rings. The van der Waals surface area contributed by atoms with Crippen molar-refractivity contribution >= 4 is 5.97 Å². The third kappa shape index (κ3) is 2.79. The maximum Gasteiger partial charge on any atom is 0.337 e. The van der Waals surface area contributed by atoms with Crippen molar-refractivity contribution in [3.63, 3.8) is 0 Å². The molecule has 0 saturated carbocycles. The van der Waals surface area contributed by atoms with Crippen molar-refractivity contribution in [3.8, 4) is 11.1 Å². The maximum atomic E-state index is 11.8. The van der Waals surface area contributed by atoms with E-state index in [0.717, 1.165) is 5.56 Å². The van der Waals surface area contributed by atoms with Crippen LogP contribution in [0.5, 0.6) is 0 Å². The average Bonchev–Trinajstić information content (AvgIpc) is 2.38. The highest BCUT2D eigenvalue weighted by atomic mass is 16.4.